The fraction of sp³-hybridized carbons (Fsp3) is 0.500. The van der Waals surface area contributed by atoms with Crippen LogP contribution in [0.4, 0.5) is 0 Å². The van der Waals surface area contributed by atoms with Crippen molar-refractivity contribution in [2.75, 3.05) is 46.4 Å². The molecule has 1 heterocycles. The first kappa shape index (κ1) is 17.5. The monoisotopic (exact) mass is 317 g/mol. The number of hydrogen-bond donors (Lipinski definition) is 1. The Morgan fingerprint density at radius 2 is 2.00 bits per heavy atom. The largest absolute Gasteiger partial charge is 0.496 e. The third-order valence-corrected chi connectivity index (χ3v) is 4.11. The third-order valence-electron chi connectivity index (χ3n) is 4.11. The van der Waals surface area contributed by atoms with Crippen molar-refractivity contribution in [3.8, 4) is 5.75 Å². The molecule has 0 atom stereocenters. The molecule has 1 N–H and O–H groups in total. The highest BCUT2D eigenvalue weighted by Crippen LogP contribution is 2.21. The van der Waals surface area contributed by atoms with Gasteiger partial charge in [0.25, 0.3) is 0 Å². The number of nitrogens with zero attached hydrogens (tertiary/aromatic N) is 2. The van der Waals surface area contributed by atoms with Crippen molar-refractivity contribution < 1.29 is 9.53 Å². The number of aryl methyl sites for hydroxylation is 1. The summed E-state index contributed by atoms with van der Waals surface area (Å²) in [5.74, 6) is 1.01. The minimum atomic E-state index is 0.0682. The quantitative estimate of drug-likeness (QED) is 0.773. The normalized spacial score (nSPS) is 16.1. The van der Waals surface area contributed by atoms with Gasteiger partial charge in [0.05, 0.1) is 13.7 Å². The van der Waals surface area contributed by atoms with Crippen LogP contribution in [0.1, 0.15) is 11.1 Å². The fourth-order valence-electron chi connectivity index (χ4n) is 2.82. The van der Waals surface area contributed by atoms with E-state index in [1.807, 2.05) is 6.07 Å². The van der Waals surface area contributed by atoms with Crippen LogP contribution < -0.4 is 10.1 Å². The summed E-state index contributed by atoms with van der Waals surface area (Å²) in [5, 5.41) is 2.82. The summed E-state index contributed by atoms with van der Waals surface area (Å²) in [6.07, 6.45) is 1.70. The molecule has 0 aliphatic carbocycles. The number of benzene rings is 1. The van der Waals surface area contributed by atoms with E-state index in [9.17, 15) is 4.79 Å². The van der Waals surface area contributed by atoms with Crippen LogP contribution >= 0.6 is 0 Å². The molecule has 0 aromatic heterocycles. The van der Waals surface area contributed by atoms with Crippen LogP contribution in [0.15, 0.2) is 30.9 Å². The lowest BCUT2D eigenvalue weighted by Crippen LogP contribution is -2.49. The number of carbonyl (C=O) groups is 1. The number of nitrogens with one attached hydrogen (secondary N) is 1. The second-order valence-corrected chi connectivity index (χ2v) is 5.96. The van der Waals surface area contributed by atoms with E-state index < -0.39 is 0 Å². The molecule has 1 fully saturated rings. The van der Waals surface area contributed by atoms with Crippen LogP contribution in [0, 0.1) is 6.92 Å². The lowest BCUT2D eigenvalue weighted by molar-refractivity contribution is -0.122. The van der Waals surface area contributed by atoms with Gasteiger partial charge in [0.1, 0.15) is 5.75 Å². The number of hydrogen-bond acceptors (Lipinski definition) is 4. The topological polar surface area (TPSA) is 44.8 Å². The Balaban J connectivity index is 1.82. The van der Waals surface area contributed by atoms with Crippen LogP contribution in [0.5, 0.6) is 5.75 Å². The first-order valence-corrected chi connectivity index (χ1v) is 8.08. The van der Waals surface area contributed by atoms with Crippen LogP contribution in [0.2, 0.25) is 0 Å². The molecule has 1 amide bonds. The first-order valence-electron chi connectivity index (χ1n) is 8.08. The van der Waals surface area contributed by atoms with Crippen molar-refractivity contribution in [1.29, 1.82) is 0 Å². The van der Waals surface area contributed by atoms with Crippen LogP contribution in [-0.2, 0) is 11.3 Å². The van der Waals surface area contributed by atoms with Gasteiger partial charge in [-0.1, -0.05) is 23.8 Å². The molecule has 1 aromatic carbocycles. The summed E-state index contributed by atoms with van der Waals surface area (Å²) in [7, 11) is 1.72. The van der Waals surface area contributed by atoms with Gasteiger partial charge in [-0.05, 0) is 13.0 Å². The van der Waals surface area contributed by atoms with Gasteiger partial charge in [-0.15, -0.1) is 6.58 Å². The molecule has 0 spiro atoms. The first-order chi connectivity index (χ1) is 11.1. The summed E-state index contributed by atoms with van der Waals surface area (Å²) >= 11 is 0. The number of piperazine rings is 1. The predicted octanol–water partition coefficient (Wildman–Crippen LogP) is 1.42. The molecular weight excluding hydrogens is 290 g/mol. The maximum atomic E-state index is 11.7. The zero-order valence-corrected chi connectivity index (χ0v) is 14.2. The zero-order valence-electron chi connectivity index (χ0n) is 14.2. The second-order valence-electron chi connectivity index (χ2n) is 5.96. The molecule has 0 saturated carbocycles. The Morgan fingerprint density at radius 1 is 1.30 bits per heavy atom. The molecule has 1 aliphatic heterocycles. The molecule has 5 nitrogen and oxygen atoms in total. The van der Waals surface area contributed by atoms with Gasteiger partial charge in [-0.25, -0.2) is 0 Å². The Labute approximate surface area is 138 Å². The summed E-state index contributed by atoms with van der Waals surface area (Å²) in [5.41, 5.74) is 2.48. The van der Waals surface area contributed by atoms with E-state index >= 15 is 0 Å². The number of rotatable bonds is 7. The molecule has 1 aromatic rings. The van der Waals surface area contributed by atoms with Crippen molar-refractivity contribution in [2.45, 2.75) is 13.5 Å². The highest BCUT2D eigenvalue weighted by atomic mass is 16.5. The van der Waals surface area contributed by atoms with Crippen LogP contribution in [0.25, 0.3) is 0 Å². The number of carbonyl (C=O) groups excluding carboxylic acids is 1. The highest BCUT2D eigenvalue weighted by molar-refractivity contribution is 5.78. The van der Waals surface area contributed by atoms with E-state index in [2.05, 4.69) is 40.8 Å². The number of ether oxygens (including phenoxy) is 1. The summed E-state index contributed by atoms with van der Waals surface area (Å²) < 4.78 is 5.46. The molecule has 126 valence electrons. The van der Waals surface area contributed by atoms with Gasteiger partial charge in [0.2, 0.25) is 5.91 Å². The minimum Gasteiger partial charge on any atom is -0.496 e. The van der Waals surface area contributed by atoms with E-state index in [1.54, 1.807) is 13.2 Å². The van der Waals surface area contributed by atoms with Gasteiger partial charge in [-0.3, -0.25) is 14.6 Å². The Morgan fingerprint density at radius 3 is 2.65 bits per heavy atom. The number of amides is 1. The number of methoxy groups -OCH3 is 1. The molecule has 2 rings (SSSR count). The molecule has 5 heteroatoms. The van der Waals surface area contributed by atoms with Gasteiger partial charge >= 0.3 is 0 Å². The third kappa shape index (κ3) is 5.37. The zero-order chi connectivity index (χ0) is 16.7. The van der Waals surface area contributed by atoms with E-state index in [-0.39, 0.29) is 5.91 Å². The summed E-state index contributed by atoms with van der Waals surface area (Å²) in [6, 6.07) is 6.29. The van der Waals surface area contributed by atoms with Crippen LogP contribution in [0.3, 0.4) is 0 Å². The smallest absolute Gasteiger partial charge is 0.234 e. The SMILES string of the molecule is C=CCNC(=O)CN1CCN(Cc2cc(C)ccc2OC)CC1. The second kappa shape index (κ2) is 8.70. The Hall–Kier alpha value is -1.85. The molecule has 0 radical (unpaired) electrons. The van der Waals surface area contributed by atoms with Gasteiger partial charge in [0.15, 0.2) is 0 Å². The molecule has 0 unspecified atom stereocenters. The van der Waals surface area contributed by atoms with Crippen molar-refractivity contribution in [3.63, 3.8) is 0 Å². The fourth-order valence-corrected chi connectivity index (χ4v) is 2.82. The summed E-state index contributed by atoms with van der Waals surface area (Å²) in [6.45, 7) is 11.3. The standard InChI is InChI=1S/C18H27N3O2/c1-4-7-19-18(22)14-21-10-8-20(9-11-21)13-16-12-15(2)5-6-17(16)23-3/h4-6,12H,1,7-11,13-14H2,2-3H3,(H,19,22). The van der Waals surface area contributed by atoms with Gasteiger partial charge in [-0.2, -0.15) is 0 Å². The summed E-state index contributed by atoms with van der Waals surface area (Å²) in [4.78, 5) is 16.3. The maximum Gasteiger partial charge on any atom is 0.234 e. The van der Waals surface area contributed by atoms with E-state index in [1.165, 1.54) is 11.1 Å². The Bertz CT molecular complexity index is 537. The Kier molecular flexibility index (Phi) is 6.62. The van der Waals surface area contributed by atoms with Crippen molar-refractivity contribution in [3.05, 3.63) is 42.0 Å². The lowest BCUT2D eigenvalue weighted by Gasteiger charge is -2.34. The van der Waals surface area contributed by atoms with E-state index in [4.69, 9.17) is 4.74 Å². The van der Waals surface area contributed by atoms with E-state index in [0.29, 0.717) is 13.1 Å². The van der Waals surface area contributed by atoms with Crippen molar-refractivity contribution in [2.24, 2.45) is 0 Å². The average molecular weight is 317 g/mol. The van der Waals surface area contributed by atoms with Gasteiger partial charge in [0, 0.05) is 44.8 Å². The minimum absolute atomic E-state index is 0.0682. The van der Waals surface area contributed by atoms with Crippen LogP contribution in [-0.4, -0.2) is 62.1 Å². The molecule has 23 heavy (non-hydrogen) atoms. The van der Waals surface area contributed by atoms with Gasteiger partial charge < -0.3 is 10.1 Å². The predicted molar refractivity (Wildman–Crippen MR) is 92.7 cm³/mol. The lowest BCUT2D eigenvalue weighted by atomic mass is 10.1. The molecule has 1 saturated heterocycles. The average Bonchev–Trinajstić information content (AvgIpc) is 2.55. The van der Waals surface area contributed by atoms with E-state index in [0.717, 1.165) is 38.5 Å². The molecule has 1 aliphatic rings. The highest BCUT2D eigenvalue weighted by Gasteiger charge is 2.19. The molecule has 0 bridgehead atoms. The van der Waals surface area contributed by atoms with Crippen molar-refractivity contribution >= 4 is 5.91 Å². The van der Waals surface area contributed by atoms with Crippen molar-refractivity contribution in [1.82, 2.24) is 15.1 Å². The molecular formula is C18H27N3O2. The maximum absolute atomic E-state index is 11.7.